The van der Waals surface area contributed by atoms with Gasteiger partial charge in [0.1, 0.15) is 5.78 Å². The summed E-state index contributed by atoms with van der Waals surface area (Å²) in [6.45, 7) is 0.745. The molecule has 1 aromatic carbocycles. The van der Waals surface area contributed by atoms with Crippen LogP contribution in [0.15, 0.2) is 30.3 Å². The average Bonchev–Trinajstić information content (AvgIpc) is 3.29. The van der Waals surface area contributed by atoms with Crippen LogP contribution < -0.4 is 11.1 Å². The van der Waals surface area contributed by atoms with E-state index in [2.05, 4.69) is 17.4 Å². The molecule has 4 heteroatoms. The summed E-state index contributed by atoms with van der Waals surface area (Å²) in [6, 6.07) is 9.91. The standard InChI is InChI=1S/C17H21N2O2/c18-17(21)15-8-11(6-7-19-15)9-16(20)14-10-13(14)12-4-2-1-3-5-12/h1-5,9,11,13-15,19H,6-8,10H2,(H2,18,21). The van der Waals surface area contributed by atoms with Crippen LogP contribution >= 0.6 is 0 Å². The van der Waals surface area contributed by atoms with E-state index < -0.39 is 0 Å². The van der Waals surface area contributed by atoms with Crippen molar-refractivity contribution in [3.8, 4) is 0 Å². The van der Waals surface area contributed by atoms with E-state index in [0.717, 1.165) is 19.4 Å². The van der Waals surface area contributed by atoms with Gasteiger partial charge in [0.05, 0.1) is 6.04 Å². The van der Waals surface area contributed by atoms with Crippen LogP contribution in [0.1, 0.15) is 30.7 Å². The first-order valence-corrected chi connectivity index (χ1v) is 7.61. The second-order valence-electron chi connectivity index (χ2n) is 6.12. The highest BCUT2D eigenvalue weighted by Crippen LogP contribution is 2.48. The van der Waals surface area contributed by atoms with Crippen molar-refractivity contribution in [3.05, 3.63) is 42.3 Å². The number of hydrogen-bond donors (Lipinski definition) is 2. The molecule has 2 fully saturated rings. The maximum absolute atomic E-state index is 12.3. The number of Topliss-reactive ketones (excluding diaryl/α,β-unsaturated/α-hetero) is 1. The lowest BCUT2D eigenvalue weighted by Crippen LogP contribution is -2.47. The molecule has 1 heterocycles. The van der Waals surface area contributed by atoms with Crippen LogP contribution in [0.4, 0.5) is 0 Å². The number of carbonyl (C=O) groups excluding carboxylic acids is 2. The van der Waals surface area contributed by atoms with Crippen molar-refractivity contribution in [1.82, 2.24) is 5.32 Å². The Balaban J connectivity index is 1.52. The molecule has 4 nitrogen and oxygen atoms in total. The summed E-state index contributed by atoms with van der Waals surface area (Å²) in [5.41, 5.74) is 6.58. The molecule has 3 rings (SSSR count). The van der Waals surface area contributed by atoms with E-state index in [1.807, 2.05) is 24.6 Å². The molecule has 1 saturated heterocycles. The Morgan fingerprint density at radius 1 is 1.19 bits per heavy atom. The molecule has 1 aliphatic heterocycles. The predicted octanol–water partition coefficient (Wildman–Crippen LogP) is 1.42. The van der Waals surface area contributed by atoms with Crippen LogP contribution in [-0.2, 0) is 9.59 Å². The van der Waals surface area contributed by atoms with Crippen LogP contribution in [-0.4, -0.2) is 24.3 Å². The highest BCUT2D eigenvalue weighted by molar-refractivity contribution is 5.92. The Kier molecular flexibility index (Phi) is 4.06. The zero-order valence-corrected chi connectivity index (χ0v) is 12.0. The molecule has 3 N–H and O–H groups in total. The molecule has 111 valence electrons. The van der Waals surface area contributed by atoms with Crippen molar-refractivity contribution < 1.29 is 9.59 Å². The van der Waals surface area contributed by atoms with Crippen LogP contribution in [0.5, 0.6) is 0 Å². The quantitative estimate of drug-likeness (QED) is 0.859. The minimum atomic E-state index is -0.325. The largest absolute Gasteiger partial charge is 0.368 e. The normalized spacial score (nSPS) is 31.6. The lowest BCUT2D eigenvalue weighted by molar-refractivity contribution is -0.122. The van der Waals surface area contributed by atoms with Crippen molar-refractivity contribution in [2.45, 2.75) is 31.2 Å². The fourth-order valence-electron chi connectivity index (χ4n) is 3.25. The fourth-order valence-corrected chi connectivity index (χ4v) is 3.25. The predicted molar refractivity (Wildman–Crippen MR) is 80.3 cm³/mol. The molecule has 0 bridgehead atoms. The molecule has 2 aliphatic rings. The average molecular weight is 285 g/mol. The second kappa shape index (κ2) is 5.98. The van der Waals surface area contributed by atoms with Gasteiger partial charge >= 0.3 is 0 Å². The first kappa shape index (κ1) is 14.3. The van der Waals surface area contributed by atoms with Gasteiger partial charge in [-0.2, -0.15) is 0 Å². The van der Waals surface area contributed by atoms with Crippen molar-refractivity contribution in [2.24, 2.45) is 17.6 Å². The van der Waals surface area contributed by atoms with Crippen LogP contribution in [0.25, 0.3) is 0 Å². The van der Waals surface area contributed by atoms with Crippen molar-refractivity contribution in [2.75, 3.05) is 6.54 Å². The number of ketones is 1. The smallest absolute Gasteiger partial charge is 0.234 e. The van der Waals surface area contributed by atoms with Gasteiger partial charge in [-0.3, -0.25) is 9.59 Å². The summed E-state index contributed by atoms with van der Waals surface area (Å²) in [4.78, 5) is 23.6. The zero-order chi connectivity index (χ0) is 14.8. The molecule has 21 heavy (non-hydrogen) atoms. The monoisotopic (exact) mass is 285 g/mol. The van der Waals surface area contributed by atoms with Gasteiger partial charge in [-0.15, -0.1) is 0 Å². The first-order chi connectivity index (χ1) is 10.1. The lowest BCUT2D eigenvalue weighted by atomic mass is 9.87. The van der Waals surface area contributed by atoms with Gasteiger partial charge in [-0.1, -0.05) is 30.3 Å². The Labute approximate surface area is 125 Å². The van der Waals surface area contributed by atoms with Crippen LogP contribution in [0.2, 0.25) is 0 Å². The molecule has 1 aliphatic carbocycles. The summed E-state index contributed by atoms with van der Waals surface area (Å²) >= 11 is 0. The molecule has 1 radical (unpaired) electrons. The fraction of sp³-hybridized carbons (Fsp3) is 0.471. The van der Waals surface area contributed by atoms with Crippen molar-refractivity contribution in [1.29, 1.82) is 0 Å². The third-order valence-electron chi connectivity index (χ3n) is 4.57. The number of piperidine rings is 1. The molecule has 0 spiro atoms. The van der Waals surface area contributed by atoms with E-state index in [1.54, 1.807) is 0 Å². The number of nitrogens with one attached hydrogen (secondary N) is 1. The Morgan fingerprint density at radius 3 is 2.67 bits per heavy atom. The van der Waals surface area contributed by atoms with E-state index >= 15 is 0 Å². The van der Waals surface area contributed by atoms with E-state index in [9.17, 15) is 9.59 Å². The van der Waals surface area contributed by atoms with Gasteiger partial charge in [0.25, 0.3) is 0 Å². The number of amides is 1. The minimum Gasteiger partial charge on any atom is -0.368 e. The number of carbonyl (C=O) groups is 2. The van der Waals surface area contributed by atoms with Crippen LogP contribution in [0, 0.1) is 18.3 Å². The summed E-state index contributed by atoms with van der Waals surface area (Å²) in [5, 5.41) is 3.10. The van der Waals surface area contributed by atoms with Crippen molar-refractivity contribution in [3.63, 3.8) is 0 Å². The van der Waals surface area contributed by atoms with Gasteiger partial charge in [0, 0.05) is 12.3 Å². The Hall–Kier alpha value is -1.68. The minimum absolute atomic E-state index is 0.134. The summed E-state index contributed by atoms with van der Waals surface area (Å²) in [7, 11) is 0. The third kappa shape index (κ3) is 3.32. The molecule has 4 atom stereocenters. The molecular formula is C17H21N2O2. The van der Waals surface area contributed by atoms with E-state index in [0.29, 0.717) is 12.3 Å². The Bertz CT molecular complexity index is 529. The van der Waals surface area contributed by atoms with E-state index in [-0.39, 0.29) is 29.6 Å². The molecule has 4 unspecified atom stereocenters. The third-order valence-corrected chi connectivity index (χ3v) is 4.57. The summed E-state index contributed by atoms with van der Waals surface area (Å²) in [6.07, 6.45) is 4.33. The summed E-state index contributed by atoms with van der Waals surface area (Å²) in [5.74, 6) is 0.597. The molecular weight excluding hydrogens is 264 g/mol. The molecule has 1 saturated carbocycles. The number of hydrogen-bond acceptors (Lipinski definition) is 3. The lowest BCUT2D eigenvalue weighted by Gasteiger charge is -2.27. The SMILES string of the molecule is NC(=O)C1CC([CH]C(=O)C2CC2c2ccccc2)CCN1. The van der Waals surface area contributed by atoms with Gasteiger partial charge in [-0.25, -0.2) is 0 Å². The van der Waals surface area contributed by atoms with Gasteiger partial charge in [0.15, 0.2) is 0 Å². The summed E-state index contributed by atoms with van der Waals surface area (Å²) < 4.78 is 0. The van der Waals surface area contributed by atoms with Gasteiger partial charge < -0.3 is 11.1 Å². The molecule has 1 amide bonds. The highest BCUT2D eigenvalue weighted by atomic mass is 16.1. The zero-order valence-electron chi connectivity index (χ0n) is 12.0. The van der Waals surface area contributed by atoms with Gasteiger partial charge in [-0.05, 0) is 43.2 Å². The van der Waals surface area contributed by atoms with Gasteiger partial charge in [0.2, 0.25) is 5.91 Å². The first-order valence-electron chi connectivity index (χ1n) is 7.61. The number of nitrogens with two attached hydrogens (primary N) is 1. The maximum Gasteiger partial charge on any atom is 0.234 e. The van der Waals surface area contributed by atoms with Crippen LogP contribution in [0.3, 0.4) is 0 Å². The maximum atomic E-state index is 12.3. The molecule has 1 aromatic rings. The van der Waals surface area contributed by atoms with E-state index in [1.165, 1.54) is 5.56 Å². The number of benzene rings is 1. The van der Waals surface area contributed by atoms with Crippen molar-refractivity contribution >= 4 is 11.7 Å². The van der Waals surface area contributed by atoms with E-state index in [4.69, 9.17) is 5.73 Å². The second-order valence-corrected chi connectivity index (χ2v) is 6.12. The molecule has 0 aromatic heterocycles. The highest BCUT2D eigenvalue weighted by Gasteiger charge is 2.44. The number of rotatable bonds is 5. The number of primary amides is 1. The topological polar surface area (TPSA) is 72.2 Å². The Morgan fingerprint density at radius 2 is 1.95 bits per heavy atom.